The van der Waals surface area contributed by atoms with Crippen LogP contribution in [-0.2, 0) is 6.73 Å². The Hall–Kier alpha value is -3.59. The first kappa shape index (κ1) is 20.2. The van der Waals surface area contributed by atoms with Crippen molar-refractivity contribution in [1.82, 2.24) is 9.78 Å². The molecule has 2 aromatic carbocycles. The molecule has 0 aliphatic rings. The highest BCUT2D eigenvalue weighted by Crippen LogP contribution is 2.29. The summed E-state index contributed by atoms with van der Waals surface area (Å²) in [4.78, 5) is 22.8. The Balaban J connectivity index is 1.66. The minimum absolute atomic E-state index is 0.106. The maximum atomic E-state index is 12.4. The second-order valence-corrected chi connectivity index (χ2v) is 6.43. The van der Waals surface area contributed by atoms with E-state index in [1.54, 1.807) is 24.4 Å². The largest absolute Gasteiger partial charge is 0.494 e. The molecule has 29 heavy (non-hydrogen) atoms. The molecule has 3 aromatic rings. The molecular formula is C19H17ClN4O5. The fourth-order valence-corrected chi connectivity index (χ4v) is 2.60. The van der Waals surface area contributed by atoms with Gasteiger partial charge in [-0.25, -0.2) is 4.68 Å². The van der Waals surface area contributed by atoms with E-state index in [0.29, 0.717) is 16.5 Å². The zero-order valence-corrected chi connectivity index (χ0v) is 16.3. The quantitative estimate of drug-likeness (QED) is 0.459. The van der Waals surface area contributed by atoms with E-state index in [1.807, 2.05) is 6.92 Å². The predicted molar refractivity (Wildman–Crippen MR) is 107 cm³/mol. The number of aromatic nitrogens is 2. The zero-order chi connectivity index (χ0) is 21.0. The van der Waals surface area contributed by atoms with Gasteiger partial charge in [-0.2, -0.15) is 5.10 Å². The molecule has 0 unspecified atom stereocenters. The molecule has 1 heterocycles. The number of anilines is 1. The van der Waals surface area contributed by atoms with Crippen molar-refractivity contribution in [3.05, 3.63) is 75.1 Å². The monoisotopic (exact) mass is 416 g/mol. The lowest BCUT2D eigenvalue weighted by molar-refractivity contribution is -0.384. The van der Waals surface area contributed by atoms with Crippen molar-refractivity contribution in [2.24, 2.45) is 0 Å². The third-order valence-corrected chi connectivity index (χ3v) is 4.43. The number of non-ortho nitro benzene ring substituents is 1. The summed E-state index contributed by atoms with van der Waals surface area (Å²) in [7, 11) is 1.36. The number of methoxy groups -OCH3 is 1. The van der Waals surface area contributed by atoms with Crippen LogP contribution < -0.4 is 14.8 Å². The number of aryl methyl sites for hydroxylation is 1. The fourth-order valence-electron chi connectivity index (χ4n) is 2.49. The first-order valence-electron chi connectivity index (χ1n) is 8.43. The number of amides is 1. The molecule has 0 fully saturated rings. The highest BCUT2D eigenvalue weighted by atomic mass is 35.5. The Morgan fingerprint density at radius 1 is 1.28 bits per heavy atom. The van der Waals surface area contributed by atoms with Gasteiger partial charge in [0.15, 0.2) is 12.4 Å². The molecule has 1 amide bonds. The van der Waals surface area contributed by atoms with Crippen LogP contribution in [0.3, 0.4) is 0 Å². The third kappa shape index (κ3) is 4.82. The van der Waals surface area contributed by atoms with Crippen molar-refractivity contribution >= 4 is 28.9 Å². The number of benzene rings is 2. The van der Waals surface area contributed by atoms with Crippen molar-refractivity contribution in [1.29, 1.82) is 0 Å². The normalized spacial score (nSPS) is 10.4. The predicted octanol–water partition coefficient (Wildman–Crippen LogP) is 4.05. The van der Waals surface area contributed by atoms with Gasteiger partial charge in [0.05, 0.1) is 23.8 Å². The molecule has 0 aliphatic heterocycles. The zero-order valence-electron chi connectivity index (χ0n) is 15.6. The summed E-state index contributed by atoms with van der Waals surface area (Å²) in [5, 5.41) is 18.3. The Morgan fingerprint density at radius 2 is 2.07 bits per heavy atom. The van der Waals surface area contributed by atoms with Crippen molar-refractivity contribution in [2.75, 3.05) is 12.4 Å². The molecule has 10 heteroatoms. The molecule has 3 rings (SSSR count). The Bertz CT molecular complexity index is 1070. The number of nitrogens with one attached hydrogen (secondary N) is 1. The van der Waals surface area contributed by atoms with E-state index in [2.05, 4.69) is 10.4 Å². The summed E-state index contributed by atoms with van der Waals surface area (Å²) in [6.45, 7) is 1.98. The number of hydrogen-bond donors (Lipinski definition) is 1. The highest BCUT2D eigenvalue weighted by molar-refractivity contribution is 6.31. The number of carbonyl (C=O) groups is 1. The van der Waals surface area contributed by atoms with E-state index in [1.165, 1.54) is 36.1 Å². The lowest BCUT2D eigenvalue weighted by Gasteiger charge is -2.09. The summed E-state index contributed by atoms with van der Waals surface area (Å²) < 4.78 is 12.2. The Kier molecular flexibility index (Phi) is 5.99. The minimum Gasteiger partial charge on any atom is -0.494 e. The summed E-state index contributed by atoms with van der Waals surface area (Å²) in [6, 6.07) is 10.7. The molecular weight excluding hydrogens is 400 g/mol. The molecule has 9 nitrogen and oxygen atoms in total. The Labute approximate surface area is 171 Å². The number of carbonyl (C=O) groups excluding carboxylic acids is 1. The van der Waals surface area contributed by atoms with E-state index >= 15 is 0 Å². The molecule has 0 radical (unpaired) electrons. The van der Waals surface area contributed by atoms with Crippen molar-refractivity contribution in [3.8, 4) is 11.5 Å². The third-order valence-electron chi connectivity index (χ3n) is 4.01. The summed E-state index contributed by atoms with van der Waals surface area (Å²) >= 11 is 5.99. The van der Waals surface area contributed by atoms with Crippen LogP contribution >= 0.6 is 11.6 Å². The van der Waals surface area contributed by atoms with Crippen LogP contribution in [-0.4, -0.2) is 27.7 Å². The molecule has 0 atom stereocenters. The standard InChI is InChI=1S/C19H17ClN4O5/c1-12-9-14(4-5-15(12)20)29-11-23-8-7-17(22-23)19(25)21-16-6-3-13(24(26)27)10-18(16)28-2/h3-10H,11H2,1-2H3,(H,21,25). The summed E-state index contributed by atoms with van der Waals surface area (Å²) in [6.07, 6.45) is 1.60. The van der Waals surface area contributed by atoms with Gasteiger partial charge >= 0.3 is 0 Å². The van der Waals surface area contributed by atoms with Gasteiger partial charge in [-0.3, -0.25) is 14.9 Å². The van der Waals surface area contributed by atoms with Gasteiger partial charge in [-0.1, -0.05) is 11.6 Å². The van der Waals surface area contributed by atoms with E-state index in [9.17, 15) is 14.9 Å². The van der Waals surface area contributed by atoms with Crippen molar-refractivity contribution in [2.45, 2.75) is 13.7 Å². The number of ether oxygens (including phenoxy) is 2. The van der Waals surface area contributed by atoms with E-state index in [4.69, 9.17) is 21.1 Å². The maximum Gasteiger partial charge on any atom is 0.276 e. The number of rotatable bonds is 7. The van der Waals surface area contributed by atoms with Gasteiger partial charge in [-0.05, 0) is 42.8 Å². The molecule has 0 saturated carbocycles. The summed E-state index contributed by atoms with van der Waals surface area (Å²) in [5.41, 5.74) is 1.20. The first-order valence-corrected chi connectivity index (χ1v) is 8.81. The van der Waals surface area contributed by atoms with Gasteiger partial charge in [-0.15, -0.1) is 0 Å². The lowest BCUT2D eigenvalue weighted by Crippen LogP contribution is -2.15. The van der Waals surface area contributed by atoms with Crippen LogP contribution in [0.2, 0.25) is 5.02 Å². The summed E-state index contributed by atoms with van der Waals surface area (Å²) in [5.74, 6) is 0.315. The van der Waals surface area contributed by atoms with Crippen LogP contribution in [0.15, 0.2) is 48.7 Å². The van der Waals surface area contributed by atoms with Crippen LogP contribution in [0, 0.1) is 17.0 Å². The lowest BCUT2D eigenvalue weighted by atomic mass is 10.2. The molecule has 0 saturated heterocycles. The number of nitrogens with zero attached hydrogens (tertiary/aromatic N) is 3. The SMILES string of the molecule is COc1cc([N+](=O)[O-])ccc1NC(=O)c1ccn(COc2ccc(Cl)c(C)c2)n1. The fraction of sp³-hybridized carbons (Fsp3) is 0.158. The number of hydrogen-bond acceptors (Lipinski definition) is 6. The first-order chi connectivity index (χ1) is 13.9. The molecule has 1 aromatic heterocycles. The maximum absolute atomic E-state index is 12.4. The van der Waals surface area contributed by atoms with Crippen LogP contribution in [0.4, 0.5) is 11.4 Å². The van der Waals surface area contributed by atoms with Gasteiger partial charge in [0.2, 0.25) is 0 Å². The van der Waals surface area contributed by atoms with Gasteiger partial charge in [0, 0.05) is 17.3 Å². The van der Waals surface area contributed by atoms with Crippen molar-refractivity contribution < 1.29 is 19.2 Å². The number of nitro groups is 1. The molecule has 0 spiro atoms. The van der Waals surface area contributed by atoms with Crippen LogP contribution in [0.25, 0.3) is 0 Å². The van der Waals surface area contributed by atoms with E-state index in [-0.39, 0.29) is 23.9 Å². The highest BCUT2D eigenvalue weighted by Gasteiger charge is 2.16. The molecule has 1 N–H and O–H groups in total. The Morgan fingerprint density at radius 3 is 2.76 bits per heavy atom. The average molecular weight is 417 g/mol. The topological polar surface area (TPSA) is 109 Å². The van der Waals surface area contributed by atoms with E-state index in [0.717, 1.165) is 5.56 Å². The van der Waals surface area contributed by atoms with Gasteiger partial charge in [0.1, 0.15) is 11.5 Å². The van der Waals surface area contributed by atoms with Gasteiger partial charge < -0.3 is 14.8 Å². The van der Waals surface area contributed by atoms with Crippen molar-refractivity contribution in [3.63, 3.8) is 0 Å². The second-order valence-electron chi connectivity index (χ2n) is 6.02. The van der Waals surface area contributed by atoms with Crippen LogP contribution in [0.5, 0.6) is 11.5 Å². The second kappa shape index (κ2) is 8.61. The molecule has 0 aliphatic carbocycles. The van der Waals surface area contributed by atoms with Crippen LogP contribution in [0.1, 0.15) is 16.1 Å². The number of halogens is 1. The minimum atomic E-state index is -0.544. The van der Waals surface area contributed by atoms with E-state index < -0.39 is 10.8 Å². The molecule has 0 bridgehead atoms. The average Bonchev–Trinajstić information content (AvgIpc) is 3.18. The van der Waals surface area contributed by atoms with Gasteiger partial charge in [0.25, 0.3) is 11.6 Å². The smallest absolute Gasteiger partial charge is 0.276 e. The number of nitro benzene ring substituents is 1. The molecule has 150 valence electrons.